The van der Waals surface area contributed by atoms with Crippen LogP contribution in [0, 0.1) is 11.8 Å². The van der Waals surface area contributed by atoms with Crippen LogP contribution in [-0.4, -0.2) is 93.2 Å². The minimum absolute atomic E-state index is 0.0373. The van der Waals surface area contributed by atoms with Crippen molar-refractivity contribution >= 4 is 17.4 Å². The summed E-state index contributed by atoms with van der Waals surface area (Å²) >= 11 is 0. The number of fused-ring (bicyclic) bond motifs is 3. The van der Waals surface area contributed by atoms with Crippen LogP contribution in [0.2, 0.25) is 0 Å². The predicted molar refractivity (Wildman–Crippen MR) is 138 cm³/mol. The molecule has 0 radical (unpaired) electrons. The summed E-state index contributed by atoms with van der Waals surface area (Å²) in [5.41, 5.74) is 1.85. The fourth-order valence-electron chi connectivity index (χ4n) is 5.92. The van der Waals surface area contributed by atoms with E-state index in [-0.39, 0.29) is 5.91 Å². The minimum Gasteiger partial charge on any atom is -0.378 e. The van der Waals surface area contributed by atoms with E-state index < -0.39 is 0 Å². The highest BCUT2D eigenvalue weighted by molar-refractivity contribution is 5.94. The Morgan fingerprint density at radius 3 is 2.50 bits per heavy atom. The quantitative estimate of drug-likeness (QED) is 0.682. The molecule has 4 aliphatic heterocycles. The maximum absolute atomic E-state index is 12.7. The largest absolute Gasteiger partial charge is 0.378 e. The maximum atomic E-state index is 12.7. The van der Waals surface area contributed by atoms with Crippen molar-refractivity contribution in [1.29, 1.82) is 0 Å². The van der Waals surface area contributed by atoms with E-state index in [1.807, 2.05) is 55.5 Å². The summed E-state index contributed by atoms with van der Waals surface area (Å²) in [5, 5.41) is 3.20. The first-order valence-electron chi connectivity index (χ1n) is 12.7. The van der Waals surface area contributed by atoms with Crippen LogP contribution >= 0.6 is 0 Å². The van der Waals surface area contributed by atoms with Crippen LogP contribution in [0.1, 0.15) is 23.2 Å². The number of nitrogens with zero attached hydrogens (tertiary/aromatic N) is 5. The Bertz CT molecular complexity index is 941. The van der Waals surface area contributed by atoms with Gasteiger partial charge in [-0.15, -0.1) is 0 Å². The van der Waals surface area contributed by atoms with Gasteiger partial charge in [0.1, 0.15) is 5.82 Å². The van der Waals surface area contributed by atoms with Crippen molar-refractivity contribution in [2.75, 3.05) is 76.3 Å². The zero-order chi connectivity index (χ0) is 23.5. The number of nitrogens with one attached hydrogen (secondary N) is 1. The van der Waals surface area contributed by atoms with E-state index in [1.165, 1.54) is 32.5 Å². The lowest BCUT2D eigenvalue weighted by atomic mass is 9.75. The molecule has 0 aliphatic carbocycles. The third kappa shape index (κ3) is 5.20. The summed E-state index contributed by atoms with van der Waals surface area (Å²) in [7, 11) is 4.02. The van der Waals surface area contributed by atoms with Crippen molar-refractivity contribution < 1.29 is 4.79 Å². The number of hydrogen-bond donors (Lipinski definition) is 1. The molecule has 4 unspecified atom stereocenters. The second-order valence-corrected chi connectivity index (χ2v) is 10.3. The molecule has 0 spiro atoms. The Labute approximate surface area is 203 Å². The minimum atomic E-state index is 0.0373. The van der Waals surface area contributed by atoms with E-state index in [2.05, 4.69) is 37.1 Å². The van der Waals surface area contributed by atoms with Gasteiger partial charge in [-0.1, -0.05) is 6.07 Å². The molecule has 34 heavy (non-hydrogen) atoms. The number of piperazine rings is 1. The summed E-state index contributed by atoms with van der Waals surface area (Å²) in [4.78, 5) is 26.9. The van der Waals surface area contributed by atoms with Crippen LogP contribution in [0.15, 0.2) is 48.7 Å². The molecule has 4 saturated heterocycles. The van der Waals surface area contributed by atoms with Gasteiger partial charge in [0, 0.05) is 83.4 Å². The van der Waals surface area contributed by atoms with E-state index in [1.54, 1.807) is 0 Å². The fourth-order valence-corrected chi connectivity index (χ4v) is 5.92. The van der Waals surface area contributed by atoms with Gasteiger partial charge in [0.25, 0.3) is 5.91 Å². The Morgan fingerprint density at radius 2 is 1.85 bits per heavy atom. The molecule has 1 N–H and O–H groups in total. The van der Waals surface area contributed by atoms with Crippen LogP contribution in [0.5, 0.6) is 0 Å². The lowest BCUT2D eigenvalue weighted by Gasteiger charge is -2.51. The molecular weight excluding hydrogens is 424 g/mol. The number of carbonyl (C=O) groups excluding carboxylic acids is 1. The summed E-state index contributed by atoms with van der Waals surface area (Å²) in [6.07, 6.45) is 4.39. The molecule has 1 aromatic heterocycles. The number of carbonyl (C=O) groups is 1. The number of piperidine rings is 3. The Morgan fingerprint density at radius 1 is 1.06 bits per heavy atom. The number of benzene rings is 1. The monoisotopic (exact) mass is 462 g/mol. The van der Waals surface area contributed by atoms with Crippen LogP contribution in [0.4, 0.5) is 11.5 Å². The molecule has 7 heteroatoms. The molecule has 4 aliphatic rings. The molecular formula is C27H38N6O. The van der Waals surface area contributed by atoms with E-state index in [0.717, 1.165) is 61.6 Å². The molecule has 7 nitrogen and oxygen atoms in total. The van der Waals surface area contributed by atoms with Gasteiger partial charge in [-0.25, -0.2) is 4.98 Å². The number of aromatic nitrogens is 1. The zero-order valence-electron chi connectivity index (χ0n) is 20.6. The zero-order valence-corrected chi connectivity index (χ0v) is 20.6. The summed E-state index contributed by atoms with van der Waals surface area (Å²) in [5.74, 6) is 2.67. The molecule has 4 atom stereocenters. The first kappa shape index (κ1) is 23.1. The topological polar surface area (TPSA) is 55.0 Å². The highest BCUT2D eigenvalue weighted by atomic mass is 16.1. The average molecular weight is 463 g/mol. The van der Waals surface area contributed by atoms with Crippen molar-refractivity contribution in [1.82, 2.24) is 20.1 Å². The molecule has 1 amide bonds. The second kappa shape index (κ2) is 10.3. The number of anilines is 2. The standard InChI is InChI=1S/C27H38N6O/c1-30(2)24-8-6-21(7-9-24)27(34)29-18-25-17-22-10-12-33(25)20-23(22)19-31-13-15-32(16-14-31)26-5-3-4-11-28-26/h3-9,11,22-23,25H,10,12-20H2,1-2H3,(H,29,34). The van der Waals surface area contributed by atoms with Gasteiger partial charge >= 0.3 is 0 Å². The second-order valence-electron chi connectivity index (χ2n) is 10.3. The normalized spacial score (nSPS) is 26.9. The van der Waals surface area contributed by atoms with Crippen molar-refractivity contribution in [3.8, 4) is 0 Å². The van der Waals surface area contributed by atoms with Crippen LogP contribution in [0.25, 0.3) is 0 Å². The fraction of sp³-hybridized carbons (Fsp3) is 0.556. The molecule has 1 aromatic carbocycles. The Hall–Kier alpha value is -2.64. The van der Waals surface area contributed by atoms with Crippen LogP contribution < -0.4 is 15.1 Å². The first-order chi connectivity index (χ1) is 16.6. The van der Waals surface area contributed by atoms with Gasteiger partial charge < -0.3 is 15.1 Å². The van der Waals surface area contributed by atoms with E-state index in [0.29, 0.717) is 6.04 Å². The molecule has 182 valence electrons. The molecule has 2 aromatic rings. The lowest BCUT2D eigenvalue weighted by molar-refractivity contribution is -0.0120. The third-order valence-corrected chi connectivity index (χ3v) is 8.00. The van der Waals surface area contributed by atoms with E-state index in [4.69, 9.17) is 0 Å². The summed E-state index contributed by atoms with van der Waals surface area (Å²) in [6.45, 7) is 8.65. The smallest absolute Gasteiger partial charge is 0.251 e. The van der Waals surface area contributed by atoms with Crippen LogP contribution in [0.3, 0.4) is 0 Å². The Balaban J connectivity index is 1.08. The first-order valence-corrected chi connectivity index (χ1v) is 12.7. The van der Waals surface area contributed by atoms with Gasteiger partial charge in [0.15, 0.2) is 0 Å². The number of rotatable bonds is 7. The average Bonchev–Trinajstić information content (AvgIpc) is 2.89. The SMILES string of the molecule is CN(C)c1ccc(C(=O)NCC2CC3CCN2CC3CN2CCN(c3ccccn3)CC2)cc1. The maximum Gasteiger partial charge on any atom is 0.251 e. The Kier molecular flexibility index (Phi) is 7.02. The van der Waals surface area contributed by atoms with Crippen molar-refractivity contribution in [3.63, 3.8) is 0 Å². The summed E-state index contributed by atoms with van der Waals surface area (Å²) in [6, 6.07) is 14.5. The van der Waals surface area contributed by atoms with Gasteiger partial charge in [-0.05, 0) is 67.6 Å². The predicted octanol–water partition coefficient (Wildman–Crippen LogP) is 2.41. The molecule has 4 fully saturated rings. The van der Waals surface area contributed by atoms with Crippen LogP contribution in [-0.2, 0) is 0 Å². The highest BCUT2D eigenvalue weighted by Crippen LogP contribution is 2.36. The third-order valence-electron chi connectivity index (χ3n) is 8.00. The van der Waals surface area contributed by atoms with E-state index in [9.17, 15) is 4.79 Å². The van der Waals surface area contributed by atoms with Gasteiger partial charge in [0.2, 0.25) is 0 Å². The molecule has 0 saturated carbocycles. The molecule has 2 bridgehead atoms. The molecule has 6 rings (SSSR count). The highest BCUT2D eigenvalue weighted by Gasteiger charge is 2.40. The number of amides is 1. The number of hydrogen-bond acceptors (Lipinski definition) is 6. The summed E-state index contributed by atoms with van der Waals surface area (Å²) < 4.78 is 0. The van der Waals surface area contributed by atoms with Gasteiger partial charge in [-0.3, -0.25) is 14.6 Å². The lowest BCUT2D eigenvalue weighted by Crippen LogP contribution is -2.59. The van der Waals surface area contributed by atoms with Gasteiger partial charge in [-0.2, -0.15) is 0 Å². The number of pyridine rings is 1. The van der Waals surface area contributed by atoms with E-state index >= 15 is 0 Å². The molecule has 5 heterocycles. The van der Waals surface area contributed by atoms with Crippen molar-refractivity contribution in [2.45, 2.75) is 18.9 Å². The van der Waals surface area contributed by atoms with Crippen molar-refractivity contribution in [3.05, 3.63) is 54.2 Å². The van der Waals surface area contributed by atoms with Gasteiger partial charge in [0.05, 0.1) is 0 Å². The van der Waals surface area contributed by atoms with Crippen molar-refractivity contribution in [2.24, 2.45) is 11.8 Å².